The van der Waals surface area contributed by atoms with E-state index in [-0.39, 0.29) is 36.9 Å². The van der Waals surface area contributed by atoms with Crippen LogP contribution in [0.4, 0.5) is 5.69 Å². The number of carbonyl (C=O) groups excluding carboxylic acids is 3. The molecule has 2 amide bonds. The van der Waals surface area contributed by atoms with E-state index in [1.165, 1.54) is 7.11 Å². The fourth-order valence-electron chi connectivity index (χ4n) is 3.35. The molecule has 0 aliphatic carbocycles. The van der Waals surface area contributed by atoms with Crippen molar-refractivity contribution in [1.29, 1.82) is 0 Å². The summed E-state index contributed by atoms with van der Waals surface area (Å²) in [4.78, 5) is 36.7. The first-order valence-corrected chi connectivity index (χ1v) is 11.1. The lowest BCUT2D eigenvalue weighted by Crippen LogP contribution is -2.87. The SMILES string of the molecule is COC(=O)C[NH2+][C@@H](c1ccccc1)c1cc(Br)ccc1NC(=O)CNC(=O)c1ccccc1. The third-order valence-corrected chi connectivity index (χ3v) is 5.47. The molecule has 170 valence electrons. The second kappa shape index (κ2) is 11.9. The lowest BCUT2D eigenvalue weighted by molar-refractivity contribution is -0.677. The van der Waals surface area contributed by atoms with E-state index in [2.05, 4.69) is 26.6 Å². The van der Waals surface area contributed by atoms with Crippen molar-refractivity contribution >= 4 is 39.4 Å². The van der Waals surface area contributed by atoms with Crippen LogP contribution in [0.15, 0.2) is 83.3 Å². The minimum absolute atomic E-state index is 0.114. The van der Waals surface area contributed by atoms with Crippen LogP contribution in [0.5, 0.6) is 0 Å². The Morgan fingerprint density at radius 3 is 2.30 bits per heavy atom. The highest BCUT2D eigenvalue weighted by atomic mass is 79.9. The number of halogens is 1. The van der Waals surface area contributed by atoms with Crippen molar-refractivity contribution in [3.05, 3.63) is 100 Å². The summed E-state index contributed by atoms with van der Waals surface area (Å²) in [6.07, 6.45) is 0. The van der Waals surface area contributed by atoms with Gasteiger partial charge in [0.2, 0.25) is 5.91 Å². The van der Waals surface area contributed by atoms with Gasteiger partial charge in [0.05, 0.1) is 19.3 Å². The monoisotopic (exact) mass is 510 g/mol. The topological polar surface area (TPSA) is 101 Å². The van der Waals surface area contributed by atoms with Gasteiger partial charge in [0.15, 0.2) is 6.54 Å². The molecule has 4 N–H and O–H groups in total. The zero-order valence-corrected chi connectivity index (χ0v) is 19.7. The first-order chi connectivity index (χ1) is 16.0. The molecule has 3 aromatic carbocycles. The number of benzene rings is 3. The molecule has 0 spiro atoms. The molecule has 0 bridgehead atoms. The highest BCUT2D eigenvalue weighted by Crippen LogP contribution is 2.29. The summed E-state index contributed by atoms with van der Waals surface area (Å²) in [6.45, 7) is -0.0613. The Bertz CT molecular complexity index is 1110. The number of ether oxygens (including phenoxy) is 1. The number of rotatable bonds is 9. The number of amides is 2. The van der Waals surface area contributed by atoms with Gasteiger partial charge in [0, 0.05) is 21.2 Å². The minimum Gasteiger partial charge on any atom is -0.465 e. The molecular weight excluding hydrogens is 486 g/mol. The van der Waals surface area contributed by atoms with E-state index in [9.17, 15) is 14.4 Å². The van der Waals surface area contributed by atoms with Crippen LogP contribution < -0.4 is 16.0 Å². The Kier molecular flexibility index (Phi) is 8.74. The molecule has 0 fully saturated rings. The van der Waals surface area contributed by atoms with Crippen LogP contribution in [0.3, 0.4) is 0 Å². The number of nitrogens with two attached hydrogens (primary N) is 1. The van der Waals surface area contributed by atoms with Gasteiger partial charge in [-0.05, 0) is 30.3 Å². The Hall–Kier alpha value is -3.49. The van der Waals surface area contributed by atoms with Crippen molar-refractivity contribution in [1.82, 2.24) is 5.32 Å². The van der Waals surface area contributed by atoms with Crippen LogP contribution in [-0.2, 0) is 14.3 Å². The van der Waals surface area contributed by atoms with E-state index >= 15 is 0 Å². The Labute approximate surface area is 200 Å². The fraction of sp³-hybridized carbons (Fsp3) is 0.160. The predicted octanol–water partition coefficient (Wildman–Crippen LogP) is 2.64. The average molecular weight is 511 g/mol. The van der Waals surface area contributed by atoms with Crippen LogP contribution in [-0.4, -0.2) is 38.0 Å². The summed E-state index contributed by atoms with van der Waals surface area (Å²) in [7, 11) is 1.35. The van der Waals surface area contributed by atoms with Gasteiger partial charge >= 0.3 is 5.97 Å². The zero-order valence-electron chi connectivity index (χ0n) is 18.1. The van der Waals surface area contributed by atoms with E-state index in [0.29, 0.717) is 11.3 Å². The number of nitrogens with one attached hydrogen (secondary N) is 2. The predicted molar refractivity (Wildman–Crippen MR) is 129 cm³/mol. The summed E-state index contributed by atoms with van der Waals surface area (Å²) in [6, 6.07) is 23.6. The number of anilines is 1. The van der Waals surface area contributed by atoms with Crippen molar-refractivity contribution in [3.8, 4) is 0 Å². The number of methoxy groups -OCH3 is 1. The second-order valence-electron chi connectivity index (χ2n) is 7.23. The molecule has 3 aromatic rings. The number of esters is 1. The molecule has 0 radical (unpaired) electrons. The average Bonchev–Trinajstić information content (AvgIpc) is 2.85. The van der Waals surface area contributed by atoms with E-state index in [4.69, 9.17) is 4.74 Å². The van der Waals surface area contributed by atoms with Gasteiger partial charge in [0.25, 0.3) is 5.91 Å². The number of hydrogen-bond acceptors (Lipinski definition) is 4. The summed E-state index contributed by atoms with van der Waals surface area (Å²) in [5.74, 6) is -1.03. The molecule has 1 atom stereocenters. The Morgan fingerprint density at radius 2 is 1.64 bits per heavy atom. The molecule has 8 heteroatoms. The van der Waals surface area contributed by atoms with Gasteiger partial charge in [-0.25, -0.2) is 4.79 Å². The molecule has 0 aromatic heterocycles. The van der Waals surface area contributed by atoms with Crippen LogP contribution in [0.2, 0.25) is 0 Å². The van der Waals surface area contributed by atoms with Crippen molar-refractivity contribution in [3.63, 3.8) is 0 Å². The van der Waals surface area contributed by atoms with E-state index < -0.39 is 0 Å². The molecular formula is C25H25BrN3O4+. The number of hydrogen-bond donors (Lipinski definition) is 3. The highest BCUT2D eigenvalue weighted by molar-refractivity contribution is 9.10. The van der Waals surface area contributed by atoms with Crippen molar-refractivity contribution in [2.45, 2.75) is 6.04 Å². The molecule has 33 heavy (non-hydrogen) atoms. The van der Waals surface area contributed by atoms with Gasteiger partial charge in [-0.2, -0.15) is 0 Å². The summed E-state index contributed by atoms with van der Waals surface area (Å²) in [5, 5.41) is 7.37. The van der Waals surface area contributed by atoms with Gasteiger partial charge in [0.1, 0.15) is 6.04 Å². The summed E-state index contributed by atoms with van der Waals surface area (Å²) in [5.41, 5.74) is 2.85. The number of quaternary nitrogens is 1. The zero-order chi connectivity index (χ0) is 23.6. The van der Waals surface area contributed by atoms with Crippen LogP contribution >= 0.6 is 15.9 Å². The van der Waals surface area contributed by atoms with Crippen molar-refractivity contribution in [2.75, 3.05) is 25.5 Å². The molecule has 0 saturated heterocycles. The summed E-state index contributed by atoms with van der Waals surface area (Å²) < 4.78 is 5.63. The molecule has 0 aliphatic heterocycles. The summed E-state index contributed by atoms with van der Waals surface area (Å²) >= 11 is 3.50. The van der Waals surface area contributed by atoms with E-state index in [1.807, 2.05) is 53.8 Å². The lowest BCUT2D eigenvalue weighted by atomic mass is 9.97. The van der Waals surface area contributed by atoms with Gasteiger partial charge in [-0.15, -0.1) is 0 Å². The third-order valence-electron chi connectivity index (χ3n) is 4.97. The maximum absolute atomic E-state index is 12.6. The third kappa shape index (κ3) is 7.00. The molecule has 0 heterocycles. The first kappa shape index (κ1) is 24.2. The minimum atomic E-state index is -0.359. The highest BCUT2D eigenvalue weighted by Gasteiger charge is 2.23. The second-order valence-corrected chi connectivity index (χ2v) is 8.15. The quantitative estimate of drug-likeness (QED) is 0.385. The molecule has 0 aliphatic rings. The van der Waals surface area contributed by atoms with E-state index in [1.54, 1.807) is 30.3 Å². The normalized spacial score (nSPS) is 11.3. The van der Waals surface area contributed by atoms with Crippen LogP contribution in [0.25, 0.3) is 0 Å². The molecule has 0 saturated carbocycles. The molecule has 7 nitrogen and oxygen atoms in total. The maximum atomic E-state index is 12.6. The standard InChI is InChI=1S/C25H24BrN3O4/c1-33-23(31)16-27-24(17-8-4-2-5-9-17)20-14-19(26)12-13-21(20)29-22(30)15-28-25(32)18-10-6-3-7-11-18/h2-14,24,27H,15-16H2,1H3,(H,28,32)(H,29,30)/p+1/t24-/m0/s1. The molecule has 3 rings (SSSR count). The molecule has 0 unspecified atom stereocenters. The lowest BCUT2D eigenvalue weighted by Gasteiger charge is -2.20. The van der Waals surface area contributed by atoms with Crippen LogP contribution in [0, 0.1) is 0 Å². The Morgan fingerprint density at radius 1 is 0.970 bits per heavy atom. The first-order valence-electron chi connectivity index (χ1n) is 10.4. The van der Waals surface area contributed by atoms with Gasteiger partial charge < -0.3 is 20.7 Å². The van der Waals surface area contributed by atoms with E-state index in [0.717, 1.165) is 15.6 Å². The van der Waals surface area contributed by atoms with Crippen molar-refractivity contribution in [2.24, 2.45) is 0 Å². The largest absolute Gasteiger partial charge is 0.465 e. The van der Waals surface area contributed by atoms with Crippen molar-refractivity contribution < 1.29 is 24.4 Å². The van der Waals surface area contributed by atoms with Gasteiger partial charge in [-0.3, -0.25) is 9.59 Å². The smallest absolute Gasteiger partial charge is 0.361 e. The Balaban J connectivity index is 1.79. The van der Waals surface area contributed by atoms with Crippen LogP contribution in [0.1, 0.15) is 27.5 Å². The van der Waals surface area contributed by atoms with Gasteiger partial charge in [-0.1, -0.05) is 64.5 Å². The maximum Gasteiger partial charge on any atom is 0.361 e. The number of carbonyl (C=O) groups is 3. The fourth-order valence-corrected chi connectivity index (χ4v) is 3.73.